The molecule has 0 amide bonds. The van der Waals surface area contributed by atoms with Crippen LogP contribution < -0.4 is 5.43 Å². The van der Waals surface area contributed by atoms with Gasteiger partial charge in [-0.25, -0.2) is 0 Å². The number of hydrogen-bond donors (Lipinski definition) is 2. The van der Waals surface area contributed by atoms with Crippen molar-refractivity contribution in [2.75, 3.05) is 5.43 Å². The summed E-state index contributed by atoms with van der Waals surface area (Å²) in [6, 6.07) is 3.22. The molecule has 0 heterocycles. The zero-order chi connectivity index (χ0) is 18.9. The molecule has 134 valence electrons. The molecule has 1 fully saturated rings. The predicted octanol–water partition coefficient (Wildman–Crippen LogP) is 3.04. The summed E-state index contributed by atoms with van der Waals surface area (Å²) < 4.78 is 0. The third kappa shape index (κ3) is 3.73. The third-order valence-corrected chi connectivity index (χ3v) is 4.59. The highest BCUT2D eigenvalue weighted by molar-refractivity contribution is 5.86. The number of anilines is 1. The molecule has 1 saturated carbocycles. The fourth-order valence-electron chi connectivity index (χ4n) is 3.01. The molecule has 1 aliphatic rings. The van der Waals surface area contributed by atoms with Gasteiger partial charge in [0.25, 0.3) is 5.69 Å². The van der Waals surface area contributed by atoms with Crippen LogP contribution in [0.1, 0.15) is 27.2 Å². The summed E-state index contributed by atoms with van der Waals surface area (Å²) in [5.74, 6) is -1.34. The molecular formula is C15H18N4O6. The molecule has 2 rings (SSSR count). The topological polar surface area (TPSA) is 148 Å². The van der Waals surface area contributed by atoms with E-state index < -0.39 is 27.4 Å². The smallest absolute Gasteiger partial charge is 0.307 e. The Morgan fingerprint density at radius 1 is 1.32 bits per heavy atom. The van der Waals surface area contributed by atoms with Crippen molar-refractivity contribution in [2.45, 2.75) is 27.2 Å². The molecule has 0 aliphatic heterocycles. The van der Waals surface area contributed by atoms with Crippen LogP contribution in [0.5, 0.6) is 0 Å². The van der Waals surface area contributed by atoms with Gasteiger partial charge in [0.1, 0.15) is 5.69 Å². The van der Waals surface area contributed by atoms with Gasteiger partial charge in [0, 0.05) is 11.8 Å². The van der Waals surface area contributed by atoms with Crippen molar-refractivity contribution in [3.05, 3.63) is 38.4 Å². The van der Waals surface area contributed by atoms with E-state index in [4.69, 9.17) is 5.11 Å². The number of carboxylic acid groups (broad SMARTS) is 1. The Kier molecular flexibility index (Phi) is 4.73. The number of hydrogen-bond acceptors (Lipinski definition) is 7. The summed E-state index contributed by atoms with van der Waals surface area (Å²) in [4.78, 5) is 31.5. The lowest BCUT2D eigenvalue weighted by Gasteiger charge is -2.05. The van der Waals surface area contributed by atoms with Crippen molar-refractivity contribution in [3.63, 3.8) is 0 Å². The van der Waals surface area contributed by atoms with Crippen LogP contribution in [0.2, 0.25) is 0 Å². The van der Waals surface area contributed by atoms with Crippen LogP contribution in [0, 0.1) is 37.5 Å². The van der Waals surface area contributed by atoms with Gasteiger partial charge in [-0.2, -0.15) is 5.10 Å². The fourth-order valence-corrected chi connectivity index (χ4v) is 3.01. The maximum absolute atomic E-state index is 11.2. The molecule has 1 aromatic rings. The highest BCUT2D eigenvalue weighted by Gasteiger charge is 2.61. The van der Waals surface area contributed by atoms with Crippen LogP contribution in [0.3, 0.4) is 0 Å². The second kappa shape index (κ2) is 6.46. The first-order valence-corrected chi connectivity index (χ1v) is 7.50. The highest BCUT2D eigenvalue weighted by atomic mass is 16.6. The third-order valence-electron chi connectivity index (χ3n) is 4.59. The van der Waals surface area contributed by atoms with Crippen molar-refractivity contribution in [1.82, 2.24) is 0 Å². The van der Waals surface area contributed by atoms with E-state index >= 15 is 0 Å². The minimum absolute atomic E-state index is 0.0276. The van der Waals surface area contributed by atoms with Gasteiger partial charge in [0.2, 0.25) is 0 Å². The molecule has 1 aromatic carbocycles. The number of benzene rings is 1. The Labute approximate surface area is 142 Å². The summed E-state index contributed by atoms with van der Waals surface area (Å²) in [5.41, 5.74) is 2.00. The van der Waals surface area contributed by atoms with Crippen LogP contribution in [0.25, 0.3) is 0 Å². The van der Waals surface area contributed by atoms with E-state index in [1.807, 2.05) is 13.8 Å². The number of non-ortho nitro benzene ring substituents is 1. The zero-order valence-corrected chi connectivity index (χ0v) is 13.9. The molecule has 10 heteroatoms. The number of nitro benzene ring substituents is 2. The largest absolute Gasteiger partial charge is 0.481 e. The fraction of sp³-hybridized carbons (Fsp3) is 0.467. The van der Waals surface area contributed by atoms with E-state index in [0.29, 0.717) is 12.1 Å². The van der Waals surface area contributed by atoms with Crippen LogP contribution >= 0.6 is 0 Å². The van der Waals surface area contributed by atoms with Crippen LogP contribution in [0.4, 0.5) is 17.1 Å². The van der Waals surface area contributed by atoms with E-state index in [1.165, 1.54) is 6.07 Å². The van der Waals surface area contributed by atoms with E-state index in [0.717, 1.165) is 12.1 Å². The monoisotopic (exact) mass is 350 g/mol. The standard InChI is InChI=1S/C15H18N4O6/c1-8(6-10-13(14(20)21)15(10,2)3)16-17-11-5-4-9(18(22)23)7-12(11)19(24)25/h4-5,7,10,13,17H,6H2,1-3H3,(H,20,21)/b16-8-/t10-,13+/m1/s1. The highest BCUT2D eigenvalue weighted by Crippen LogP contribution is 2.60. The van der Waals surface area contributed by atoms with E-state index in [9.17, 15) is 25.0 Å². The summed E-state index contributed by atoms with van der Waals surface area (Å²) in [5, 5.41) is 35.0. The maximum atomic E-state index is 11.2. The van der Waals surface area contributed by atoms with Crippen LogP contribution in [0.15, 0.2) is 23.3 Å². The molecule has 0 spiro atoms. The van der Waals surface area contributed by atoms with Gasteiger partial charge in [0.05, 0.1) is 21.8 Å². The number of nitrogens with one attached hydrogen (secondary N) is 1. The molecule has 10 nitrogen and oxygen atoms in total. The first-order chi connectivity index (χ1) is 11.6. The molecule has 0 saturated heterocycles. The van der Waals surface area contributed by atoms with Crippen LogP contribution in [-0.4, -0.2) is 26.6 Å². The lowest BCUT2D eigenvalue weighted by Crippen LogP contribution is -2.05. The van der Waals surface area contributed by atoms with Gasteiger partial charge in [-0.3, -0.25) is 30.4 Å². The van der Waals surface area contributed by atoms with Crippen molar-refractivity contribution in [3.8, 4) is 0 Å². The lowest BCUT2D eigenvalue weighted by atomic mass is 10.1. The summed E-state index contributed by atoms with van der Waals surface area (Å²) in [7, 11) is 0. The Hall–Kier alpha value is -3.04. The number of carbonyl (C=O) groups is 1. The maximum Gasteiger partial charge on any atom is 0.307 e. The first kappa shape index (κ1) is 18.3. The number of hydrazone groups is 1. The van der Waals surface area contributed by atoms with E-state index in [1.54, 1.807) is 6.92 Å². The van der Waals surface area contributed by atoms with E-state index in [2.05, 4.69) is 10.5 Å². The molecule has 0 aromatic heterocycles. The minimum Gasteiger partial charge on any atom is -0.481 e. The van der Waals surface area contributed by atoms with Crippen LogP contribution in [-0.2, 0) is 4.79 Å². The number of rotatable bonds is 7. The molecule has 1 aliphatic carbocycles. The quantitative estimate of drug-likeness (QED) is 0.436. The molecule has 2 atom stereocenters. The molecular weight excluding hydrogens is 332 g/mol. The normalized spacial score (nSPS) is 21.5. The minimum atomic E-state index is -0.846. The predicted molar refractivity (Wildman–Crippen MR) is 89.5 cm³/mol. The van der Waals surface area contributed by atoms with Gasteiger partial charge >= 0.3 is 11.7 Å². The number of nitro groups is 2. The number of nitrogens with zero attached hydrogens (tertiary/aromatic N) is 3. The molecule has 2 N–H and O–H groups in total. The van der Waals surface area contributed by atoms with Crippen molar-refractivity contribution in [1.29, 1.82) is 0 Å². The van der Waals surface area contributed by atoms with Gasteiger partial charge in [-0.05, 0) is 30.7 Å². The summed E-state index contributed by atoms with van der Waals surface area (Å²) in [6.07, 6.45) is 0.442. The molecule has 0 bridgehead atoms. The lowest BCUT2D eigenvalue weighted by molar-refractivity contribution is -0.393. The number of aliphatic carboxylic acids is 1. The zero-order valence-electron chi connectivity index (χ0n) is 13.9. The van der Waals surface area contributed by atoms with Crippen molar-refractivity contribution < 1.29 is 19.7 Å². The second-order valence-electron chi connectivity index (χ2n) is 6.62. The Morgan fingerprint density at radius 3 is 2.44 bits per heavy atom. The SMILES string of the molecule is C/C(C[C@@H]1[C@@H](C(=O)O)C1(C)C)=N/Nc1ccc([N+](=O)[O-])cc1[N+](=O)[O-]. The van der Waals surface area contributed by atoms with Gasteiger partial charge in [0.15, 0.2) is 0 Å². The summed E-state index contributed by atoms with van der Waals surface area (Å²) >= 11 is 0. The average Bonchev–Trinajstić information content (AvgIpc) is 3.05. The molecule has 25 heavy (non-hydrogen) atoms. The molecule has 0 unspecified atom stereocenters. The Balaban J connectivity index is 2.12. The Bertz CT molecular complexity index is 773. The van der Waals surface area contributed by atoms with Gasteiger partial charge in [-0.15, -0.1) is 0 Å². The van der Waals surface area contributed by atoms with Gasteiger partial charge < -0.3 is 5.11 Å². The summed E-state index contributed by atoms with van der Waals surface area (Å²) in [6.45, 7) is 5.44. The van der Waals surface area contributed by atoms with E-state index in [-0.39, 0.29) is 22.7 Å². The Morgan fingerprint density at radius 2 is 1.96 bits per heavy atom. The van der Waals surface area contributed by atoms with Gasteiger partial charge in [-0.1, -0.05) is 13.8 Å². The second-order valence-corrected chi connectivity index (χ2v) is 6.62. The molecule has 0 radical (unpaired) electrons. The number of carboxylic acids is 1. The van der Waals surface area contributed by atoms with Crippen molar-refractivity contribution >= 4 is 28.7 Å². The average molecular weight is 350 g/mol. The van der Waals surface area contributed by atoms with Crippen molar-refractivity contribution in [2.24, 2.45) is 22.4 Å². The first-order valence-electron chi connectivity index (χ1n) is 7.50.